The fourth-order valence-corrected chi connectivity index (χ4v) is 1.40. The van der Waals surface area contributed by atoms with Crippen molar-refractivity contribution in [2.45, 2.75) is 52.6 Å². The van der Waals surface area contributed by atoms with Gasteiger partial charge in [-0.1, -0.05) is 13.8 Å². The maximum absolute atomic E-state index is 11.5. The zero-order valence-electron chi connectivity index (χ0n) is 12.0. The van der Waals surface area contributed by atoms with Gasteiger partial charge < -0.3 is 15.0 Å². The molecule has 0 aliphatic heterocycles. The van der Waals surface area contributed by atoms with Crippen LogP contribution in [0.25, 0.3) is 5.53 Å². The zero-order chi connectivity index (χ0) is 15.5. The van der Waals surface area contributed by atoms with Crippen LogP contribution in [0.15, 0.2) is 0 Å². The first kappa shape index (κ1) is 18.0. The topological polar surface area (TPSA) is 106 Å². The molecule has 112 valence electrons. The Labute approximate surface area is 117 Å². The number of ether oxygens (including phenoxy) is 2. The molecule has 0 saturated carbocycles. The minimum atomic E-state index is -1.18. The van der Waals surface area contributed by atoms with Gasteiger partial charge in [0.25, 0.3) is 0 Å². The summed E-state index contributed by atoms with van der Waals surface area (Å²) < 4.78 is 9.90. The van der Waals surface area contributed by atoms with Gasteiger partial charge in [-0.15, -0.1) is 0 Å². The van der Waals surface area contributed by atoms with E-state index in [1.807, 2.05) is 6.92 Å². The van der Waals surface area contributed by atoms with Crippen molar-refractivity contribution in [3.8, 4) is 0 Å². The fraction of sp³-hybridized carbons (Fsp3) is 0.692. The largest absolute Gasteiger partial charge is 0.461 e. The molecule has 0 bridgehead atoms. The molecule has 7 heteroatoms. The minimum absolute atomic E-state index is 0.163. The normalized spacial score (nSPS) is 11.2. The summed E-state index contributed by atoms with van der Waals surface area (Å²) in [5.41, 5.74) is 8.47. The molecule has 7 nitrogen and oxygen atoms in total. The fourth-order valence-electron chi connectivity index (χ4n) is 1.40. The molecular formula is C13H20N2O5. The number of hydrogen-bond donors (Lipinski definition) is 0. The molecule has 0 spiro atoms. The predicted molar refractivity (Wildman–Crippen MR) is 70.0 cm³/mol. The first-order valence-electron chi connectivity index (χ1n) is 6.54. The number of esters is 2. The van der Waals surface area contributed by atoms with Gasteiger partial charge in [0.2, 0.25) is 11.9 Å². The summed E-state index contributed by atoms with van der Waals surface area (Å²) in [6.45, 7) is 4.44. The molecule has 1 atom stereocenters. The highest BCUT2D eigenvalue weighted by Gasteiger charge is 2.32. The van der Waals surface area contributed by atoms with Crippen LogP contribution in [0.2, 0.25) is 0 Å². The second-order valence-electron chi connectivity index (χ2n) is 4.20. The van der Waals surface area contributed by atoms with E-state index < -0.39 is 23.8 Å². The molecule has 0 saturated heterocycles. The van der Waals surface area contributed by atoms with Crippen LogP contribution in [0.4, 0.5) is 0 Å². The third-order valence-corrected chi connectivity index (χ3v) is 2.35. The Kier molecular flexibility index (Phi) is 8.87. The molecule has 0 aromatic rings. The lowest BCUT2D eigenvalue weighted by molar-refractivity contribution is -0.157. The Hall–Kier alpha value is -2.01. The molecule has 0 N–H and O–H groups in total. The highest BCUT2D eigenvalue weighted by molar-refractivity contribution is 6.38. The van der Waals surface area contributed by atoms with Crippen LogP contribution in [0.5, 0.6) is 0 Å². The molecule has 0 aliphatic carbocycles. The van der Waals surface area contributed by atoms with Crippen LogP contribution in [0, 0.1) is 0 Å². The molecule has 0 aromatic carbocycles. The van der Waals surface area contributed by atoms with Crippen molar-refractivity contribution in [1.82, 2.24) is 0 Å². The number of Topliss-reactive ketones (excluding diaryl/α,β-unsaturated/α-hetero) is 1. The first-order valence-corrected chi connectivity index (χ1v) is 6.54. The van der Waals surface area contributed by atoms with E-state index in [4.69, 9.17) is 15.0 Å². The second-order valence-corrected chi connectivity index (χ2v) is 4.20. The minimum Gasteiger partial charge on any atom is -0.461 e. The Morgan fingerprint density at radius 2 is 1.65 bits per heavy atom. The Bertz CT molecular complexity index is 413. The third-order valence-electron chi connectivity index (χ3n) is 2.35. The Morgan fingerprint density at radius 1 is 1.10 bits per heavy atom. The summed E-state index contributed by atoms with van der Waals surface area (Å²) in [5, 5.41) is 0. The summed E-state index contributed by atoms with van der Waals surface area (Å²) in [4.78, 5) is 36.9. The molecule has 0 aromatic heterocycles. The molecule has 0 rings (SSSR count). The lowest BCUT2D eigenvalue weighted by Gasteiger charge is -2.13. The van der Waals surface area contributed by atoms with E-state index in [-0.39, 0.29) is 25.2 Å². The highest BCUT2D eigenvalue weighted by Crippen LogP contribution is 2.03. The lowest BCUT2D eigenvalue weighted by Crippen LogP contribution is -2.37. The average Bonchev–Trinajstić information content (AvgIpc) is 2.36. The molecule has 1 unspecified atom stereocenters. The van der Waals surface area contributed by atoms with E-state index in [9.17, 15) is 14.4 Å². The van der Waals surface area contributed by atoms with Crippen LogP contribution in [-0.2, 0) is 23.9 Å². The van der Waals surface area contributed by atoms with Crippen molar-refractivity contribution in [2.75, 3.05) is 6.61 Å². The average molecular weight is 284 g/mol. The van der Waals surface area contributed by atoms with Gasteiger partial charge in [0.05, 0.1) is 0 Å². The third kappa shape index (κ3) is 6.80. The quantitative estimate of drug-likeness (QED) is 0.274. The summed E-state index contributed by atoms with van der Waals surface area (Å²) in [5.74, 6) is -1.58. The van der Waals surface area contributed by atoms with E-state index >= 15 is 0 Å². The maximum atomic E-state index is 11.5. The van der Waals surface area contributed by atoms with Gasteiger partial charge in [-0.2, -0.15) is 4.79 Å². The number of ketones is 1. The number of carbonyl (C=O) groups excluding carboxylic acids is 3. The van der Waals surface area contributed by atoms with Gasteiger partial charge in [0.15, 0.2) is 0 Å². The summed E-state index contributed by atoms with van der Waals surface area (Å²) in [6.07, 6.45) is 0.397. The number of nitrogens with zero attached hydrogens (tertiary/aromatic N) is 2. The van der Waals surface area contributed by atoms with E-state index in [1.165, 1.54) is 6.92 Å². The smallest absolute Gasteiger partial charge is 0.377 e. The number of rotatable bonds is 9. The van der Waals surface area contributed by atoms with Gasteiger partial charge in [0.1, 0.15) is 6.61 Å². The summed E-state index contributed by atoms with van der Waals surface area (Å²) in [6, 6.07) is 0. The van der Waals surface area contributed by atoms with E-state index in [0.29, 0.717) is 12.8 Å². The lowest BCUT2D eigenvalue weighted by atomic mass is 10.1. The van der Waals surface area contributed by atoms with E-state index in [0.717, 1.165) is 0 Å². The molecular weight excluding hydrogens is 264 g/mol. The van der Waals surface area contributed by atoms with Crippen LogP contribution >= 0.6 is 0 Å². The van der Waals surface area contributed by atoms with E-state index in [2.05, 4.69) is 4.79 Å². The standard InChI is InChI=1S/C13H20N2O5/c1-4-6-11(17)19-8-10(13(15-14)9(3)16)20-12(18)7-5-2/h10H,4-8H2,1-3H3. The molecule has 0 radical (unpaired) electrons. The van der Waals surface area contributed by atoms with Gasteiger partial charge in [-0.3, -0.25) is 14.4 Å². The highest BCUT2D eigenvalue weighted by atomic mass is 16.6. The maximum Gasteiger partial charge on any atom is 0.377 e. The monoisotopic (exact) mass is 284 g/mol. The summed E-state index contributed by atoms with van der Waals surface area (Å²) >= 11 is 0. The molecule has 20 heavy (non-hydrogen) atoms. The number of carbonyl (C=O) groups is 3. The van der Waals surface area contributed by atoms with Crippen molar-refractivity contribution < 1.29 is 28.6 Å². The van der Waals surface area contributed by atoms with Crippen molar-refractivity contribution in [3.63, 3.8) is 0 Å². The van der Waals surface area contributed by atoms with Crippen molar-refractivity contribution >= 4 is 23.4 Å². The van der Waals surface area contributed by atoms with Crippen molar-refractivity contribution in [2.24, 2.45) is 0 Å². The Morgan fingerprint density at radius 3 is 2.10 bits per heavy atom. The summed E-state index contributed by atoms with van der Waals surface area (Å²) in [7, 11) is 0. The van der Waals surface area contributed by atoms with E-state index in [1.54, 1.807) is 6.92 Å². The van der Waals surface area contributed by atoms with Crippen molar-refractivity contribution in [3.05, 3.63) is 5.53 Å². The molecule has 0 amide bonds. The van der Waals surface area contributed by atoms with Gasteiger partial charge in [0, 0.05) is 19.8 Å². The van der Waals surface area contributed by atoms with Gasteiger partial charge >= 0.3 is 17.7 Å². The van der Waals surface area contributed by atoms with Crippen LogP contribution < -0.4 is 0 Å². The van der Waals surface area contributed by atoms with Crippen LogP contribution in [-0.4, -0.2) is 40.9 Å². The Balaban J connectivity index is 4.79. The van der Waals surface area contributed by atoms with Gasteiger partial charge in [-0.05, 0) is 12.8 Å². The van der Waals surface area contributed by atoms with Crippen LogP contribution in [0.1, 0.15) is 46.5 Å². The number of hydrogen-bond acceptors (Lipinski definition) is 5. The molecule has 0 aliphatic rings. The predicted octanol–water partition coefficient (Wildman–Crippen LogP) is 1.30. The van der Waals surface area contributed by atoms with Gasteiger partial charge in [-0.25, -0.2) is 0 Å². The zero-order valence-corrected chi connectivity index (χ0v) is 12.0. The van der Waals surface area contributed by atoms with Crippen molar-refractivity contribution in [1.29, 1.82) is 0 Å². The SMILES string of the molecule is CCCC(=O)OCC(OC(=O)CCC)C(=[N+]=[N-])C(C)=O. The molecule has 0 fully saturated rings. The molecule has 0 heterocycles. The second kappa shape index (κ2) is 9.86. The van der Waals surface area contributed by atoms with Crippen LogP contribution in [0.3, 0.4) is 0 Å². The first-order chi connectivity index (χ1) is 9.46.